The highest BCUT2D eigenvalue weighted by molar-refractivity contribution is 5.79. The van der Waals surface area contributed by atoms with Gasteiger partial charge in [0.2, 0.25) is 0 Å². The first-order valence-electron chi connectivity index (χ1n) is 8.34. The first kappa shape index (κ1) is 20.5. The van der Waals surface area contributed by atoms with E-state index < -0.39 is 0 Å². The molecule has 0 heterocycles. The lowest BCUT2D eigenvalue weighted by Gasteiger charge is -2.21. The number of unbranched alkanes of at least 4 members (excludes halogenated alkanes) is 4. The van der Waals surface area contributed by atoms with Gasteiger partial charge in [0, 0.05) is 33.6 Å². The van der Waals surface area contributed by atoms with Crippen LogP contribution < -0.4 is 5.32 Å². The maximum atomic E-state index is 11.2. The van der Waals surface area contributed by atoms with E-state index in [-0.39, 0.29) is 5.97 Å². The Hall–Kier alpha value is -1.52. The molecular weight excluding hydrogens is 278 g/mol. The monoisotopic (exact) mass is 311 g/mol. The molecular formula is C17H33N3O2. The summed E-state index contributed by atoms with van der Waals surface area (Å²) < 4.78 is 4.90. The largest absolute Gasteiger partial charge is 0.466 e. The molecule has 0 amide bonds. The van der Waals surface area contributed by atoms with Crippen molar-refractivity contribution in [1.29, 1.82) is 0 Å². The Morgan fingerprint density at radius 3 is 2.64 bits per heavy atom. The van der Waals surface area contributed by atoms with Crippen molar-refractivity contribution >= 4 is 11.9 Å². The van der Waals surface area contributed by atoms with Crippen molar-refractivity contribution in [3.8, 4) is 0 Å². The lowest BCUT2D eigenvalue weighted by Crippen LogP contribution is -2.39. The summed E-state index contributed by atoms with van der Waals surface area (Å²) >= 11 is 0. The van der Waals surface area contributed by atoms with E-state index in [0.29, 0.717) is 13.0 Å². The van der Waals surface area contributed by atoms with Crippen molar-refractivity contribution < 1.29 is 9.53 Å². The summed E-state index contributed by atoms with van der Waals surface area (Å²) in [5.41, 5.74) is 0. The maximum absolute atomic E-state index is 11.2. The minimum absolute atomic E-state index is 0.0813. The molecule has 128 valence electrons. The summed E-state index contributed by atoms with van der Waals surface area (Å²) in [6.45, 7) is 7.94. The van der Waals surface area contributed by atoms with E-state index in [1.54, 1.807) is 0 Å². The van der Waals surface area contributed by atoms with Crippen molar-refractivity contribution in [2.24, 2.45) is 4.99 Å². The van der Waals surface area contributed by atoms with E-state index in [4.69, 9.17) is 4.74 Å². The smallest absolute Gasteiger partial charge is 0.305 e. The van der Waals surface area contributed by atoms with Crippen LogP contribution in [0.4, 0.5) is 0 Å². The van der Waals surface area contributed by atoms with Gasteiger partial charge >= 0.3 is 5.97 Å². The molecule has 0 rings (SSSR count). The number of hydrogen-bond acceptors (Lipinski definition) is 3. The number of allylic oxidation sites excluding steroid dienone is 1. The predicted molar refractivity (Wildman–Crippen MR) is 93.1 cm³/mol. The van der Waals surface area contributed by atoms with Gasteiger partial charge in [-0.05, 0) is 32.6 Å². The zero-order chi connectivity index (χ0) is 16.6. The second kappa shape index (κ2) is 14.4. The Balaban J connectivity index is 3.62. The molecule has 0 saturated carbocycles. The van der Waals surface area contributed by atoms with Gasteiger partial charge in [-0.3, -0.25) is 9.79 Å². The topological polar surface area (TPSA) is 53.9 Å². The summed E-state index contributed by atoms with van der Waals surface area (Å²) in [5, 5.41) is 3.37. The van der Waals surface area contributed by atoms with Gasteiger partial charge < -0.3 is 15.0 Å². The molecule has 0 saturated heterocycles. The molecule has 0 aliphatic heterocycles. The van der Waals surface area contributed by atoms with Gasteiger partial charge in [-0.15, -0.1) is 6.58 Å². The molecule has 5 heteroatoms. The molecule has 0 fully saturated rings. The Morgan fingerprint density at radius 2 is 2.00 bits per heavy atom. The average molecular weight is 311 g/mol. The van der Waals surface area contributed by atoms with Crippen LogP contribution in [0, 0.1) is 0 Å². The molecule has 0 spiro atoms. The first-order valence-corrected chi connectivity index (χ1v) is 8.34. The van der Waals surface area contributed by atoms with Crippen molar-refractivity contribution in [3.05, 3.63) is 12.7 Å². The fraction of sp³-hybridized carbons (Fsp3) is 0.765. The second-order valence-corrected chi connectivity index (χ2v) is 5.30. The van der Waals surface area contributed by atoms with Gasteiger partial charge in [0.05, 0.1) is 6.61 Å². The molecule has 0 aromatic carbocycles. The van der Waals surface area contributed by atoms with Crippen LogP contribution in [0.3, 0.4) is 0 Å². The van der Waals surface area contributed by atoms with Crippen LogP contribution in [0.25, 0.3) is 0 Å². The standard InChI is InChI=1S/C17H33N3O2/c1-5-7-12-15-20(4)17(18-3)19-14-11-9-8-10-13-16(21)22-6-2/h5H,1,6-15H2,2-4H3,(H,18,19). The van der Waals surface area contributed by atoms with Crippen LogP contribution in [-0.2, 0) is 9.53 Å². The summed E-state index contributed by atoms with van der Waals surface area (Å²) in [5.74, 6) is 0.859. The second-order valence-electron chi connectivity index (χ2n) is 5.30. The molecule has 0 aliphatic rings. The third kappa shape index (κ3) is 11.2. The Labute approximate surface area is 135 Å². The third-order valence-corrected chi connectivity index (χ3v) is 3.37. The van der Waals surface area contributed by atoms with E-state index in [0.717, 1.165) is 57.6 Å². The van der Waals surface area contributed by atoms with E-state index in [2.05, 4.69) is 28.8 Å². The molecule has 0 aliphatic carbocycles. The fourth-order valence-corrected chi connectivity index (χ4v) is 2.14. The van der Waals surface area contributed by atoms with Crippen LogP contribution in [0.1, 0.15) is 51.9 Å². The van der Waals surface area contributed by atoms with Gasteiger partial charge in [-0.1, -0.05) is 18.9 Å². The number of nitrogens with one attached hydrogen (secondary N) is 1. The van der Waals surface area contributed by atoms with E-state index in [9.17, 15) is 4.79 Å². The highest BCUT2D eigenvalue weighted by Gasteiger charge is 2.04. The van der Waals surface area contributed by atoms with E-state index in [1.807, 2.05) is 20.0 Å². The van der Waals surface area contributed by atoms with Crippen LogP contribution in [0.5, 0.6) is 0 Å². The molecule has 5 nitrogen and oxygen atoms in total. The lowest BCUT2D eigenvalue weighted by molar-refractivity contribution is -0.143. The predicted octanol–water partition coefficient (Wildman–Crippen LogP) is 2.97. The van der Waals surface area contributed by atoms with Crippen LogP contribution in [0.15, 0.2) is 17.6 Å². The zero-order valence-electron chi connectivity index (χ0n) is 14.6. The number of carbonyl (C=O) groups is 1. The number of nitrogens with zero attached hydrogens (tertiary/aromatic N) is 2. The van der Waals surface area contributed by atoms with Crippen molar-refractivity contribution in [2.75, 3.05) is 33.8 Å². The van der Waals surface area contributed by atoms with Crippen molar-refractivity contribution in [2.45, 2.75) is 51.9 Å². The van der Waals surface area contributed by atoms with Crippen LogP contribution in [0.2, 0.25) is 0 Å². The quantitative estimate of drug-likeness (QED) is 0.198. The normalized spacial score (nSPS) is 11.1. The number of guanidine groups is 1. The Bertz CT molecular complexity index is 330. The molecule has 0 aromatic heterocycles. The van der Waals surface area contributed by atoms with Crippen molar-refractivity contribution in [1.82, 2.24) is 10.2 Å². The Kier molecular flexibility index (Phi) is 13.4. The van der Waals surface area contributed by atoms with E-state index >= 15 is 0 Å². The molecule has 22 heavy (non-hydrogen) atoms. The number of aliphatic imine (C=N–C) groups is 1. The molecule has 0 unspecified atom stereocenters. The number of hydrogen-bond donors (Lipinski definition) is 1. The summed E-state index contributed by atoms with van der Waals surface area (Å²) in [7, 11) is 3.86. The molecule has 1 N–H and O–H groups in total. The lowest BCUT2D eigenvalue weighted by atomic mass is 10.1. The molecule has 0 bridgehead atoms. The number of esters is 1. The van der Waals surface area contributed by atoms with Crippen molar-refractivity contribution in [3.63, 3.8) is 0 Å². The van der Waals surface area contributed by atoms with Gasteiger partial charge in [0.25, 0.3) is 0 Å². The minimum atomic E-state index is -0.0813. The first-order chi connectivity index (χ1) is 10.7. The zero-order valence-corrected chi connectivity index (χ0v) is 14.6. The fourth-order valence-electron chi connectivity index (χ4n) is 2.14. The number of ether oxygens (including phenoxy) is 1. The summed E-state index contributed by atoms with van der Waals surface area (Å²) in [4.78, 5) is 17.6. The highest BCUT2D eigenvalue weighted by Crippen LogP contribution is 2.04. The number of rotatable bonds is 12. The van der Waals surface area contributed by atoms with E-state index in [1.165, 1.54) is 0 Å². The molecule has 0 aromatic rings. The third-order valence-electron chi connectivity index (χ3n) is 3.37. The van der Waals surface area contributed by atoms with Crippen LogP contribution in [-0.4, -0.2) is 50.6 Å². The molecule has 0 radical (unpaired) electrons. The maximum Gasteiger partial charge on any atom is 0.305 e. The van der Waals surface area contributed by atoms with Crippen LogP contribution >= 0.6 is 0 Å². The van der Waals surface area contributed by atoms with Gasteiger partial charge in [-0.25, -0.2) is 0 Å². The number of carbonyl (C=O) groups excluding carboxylic acids is 1. The molecule has 0 atom stereocenters. The Morgan fingerprint density at radius 1 is 1.27 bits per heavy atom. The van der Waals surface area contributed by atoms with Gasteiger partial charge in [0.15, 0.2) is 5.96 Å². The van der Waals surface area contributed by atoms with Gasteiger partial charge in [-0.2, -0.15) is 0 Å². The summed E-state index contributed by atoms with van der Waals surface area (Å²) in [6, 6.07) is 0. The highest BCUT2D eigenvalue weighted by atomic mass is 16.5. The summed E-state index contributed by atoms with van der Waals surface area (Å²) in [6.07, 6.45) is 8.78. The SMILES string of the molecule is C=CCCCN(C)C(=NC)NCCCCCCC(=O)OCC. The van der Waals surface area contributed by atoms with Gasteiger partial charge in [0.1, 0.15) is 0 Å². The minimum Gasteiger partial charge on any atom is -0.466 e. The average Bonchev–Trinajstić information content (AvgIpc) is 2.50.